The van der Waals surface area contributed by atoms with E-state index < -0.39 is 23.9 Å². The molecule has 2 heterocycles. The number of fused-ring (bicyclic) bond motifs is 3. The lowest BCUT2D eigenvalue weighted by molar-refractivity contribution is 0.0482. The van der Waals surface area contributed by atoms with Crippen molar-refractivity contribution in [3.05, 3.63) is 54.1 Å². The summed E-state index contributed by atoms with van der Waals surface area (Å²) in [5.41, 5.74) is 1.34. The maximum atomic E-state index is 12.5. The first-order valence-electron chi connectivity index (χ1n) is 10.2. The highest BCUT2D eigenvalue weighted by Gasteiger charge is 2.46. The number of carbonyl (C=O) groups is 2. The molecule has 7 nitrogen and oxygen atoms in total. The first-order chi connectivity index (χ1) is 14.8. The molecule has 2 aromatic carbocycles. The predicted molar refractivity (Wildman–Crippen MR) is 119 cm³/mol. The highest BCUT2D eigenvalue weighted by Crippen LogP contribution is 2.41. The molecular formula is C23H26N2O5S. The summed E-state index contributed by atoms with van der Waals surface area (Å²) in [4.78, 5) is 27.2. The number of ether oxygens (including phenoxy) is 3. The van der Waals surface area contributed by atoms with Gasteiger partial charge < -0.3 is 19.5 Å². The zero-order valence-electron chi connectivity index (χ0n) is 17.8. The van der Waals surface area contributed by atoms with Crippen LogP contribution in [-0.2, 0) is 15.2 Å². The fourth-order valence-corrected chi connectivity index (χ4v) is 4.40. The van der Waals surface area contributed by atoms with Crippen LogP contribution in [0.4, 0.5) is 15.3 Å². The summed E-state index contributed by atoms with van der Waals surface area (Å²) in [6.45, 7) is 5.84. The van der Waals surface area contributed by atoms with Gasteiger partial charge in [-0.15, -0.1) is 11.8 Å². The Hall–Kier alpha value is -2.87. The molecule has 0 aromatic heterocycles. The van der Waals surface area contributed by atoms with Crippen LogP contribution >= 0.6 is 11.8 Å². The summed E-state index contributed by atoms with van der Waals surface area (Å²) in [6.07, 6.45) is -1.49. The van der Waals surface area contributed by atoms with E-state index in [4.69, 9.17) is 14.2 Å². The van der Waals surface area contributed by atoms with Crippen molar-refractivity contribution in [2.24, 2.45) is 0 Å². The van der Waals surface area contributed by atoms with Gasteiger partial charge in [0.2, 0.25) is 0 Å². The Kier molecular flexibility index (Phi) is 6.00. The number of nitrogens with zero attached hydrogens (tertiary/aromatic N) is 1. The first kappa shape index (κ1) is 21.4. The second kappa shape index (κ2) is 8.70. The number of hydrogen-bond acceptors (Lipinski definition) is 6. The molecule has 4 rings (SSSR count). The molecule has 1 N–H and O–H groups in total. The maximum absolute atomic E-state index is 12.5. The van der Waals surface area contributed by atoms with E-state index in [0.717, 1.165) is 10.6 Å². The van der Waals surface area contributed by atoms with E-state index in [0.29, 0.717) is 18.0 Å². The highest BCUT2D eigenvalue weighted by atomic mass is 32.2. The van der Waals surface area contributed by atoms with E-state index in [1.54, 1.807) is 37.4 Å². The Morgan fingerprint density at radius 2 is 2.00 bits per heavy atom. The van der Waals surface area contributed by atoms with E-state index in [-0.39, 0.29) is 12.6 Å². The van der Waals surface area contributed by atoms with Gasteiger partial charge in [-0.1, -0.05) is 30.3 Å². The normalized spacial score (nSPS) is 19.7. The molecule has 0 saturated carbocycles. The third kappa shape index (κ3) is 5.07. The zero-order valence-corrected chi connectivity index (χ0v) is 18.6. The van der Waals surface area contributed by atoms with Gasteiger partial charge in [-0.05, 0) is 44.5 Å². The minimum absolute atomic E-state index is 0.158. The molecule has 0 bridgehead atoms. The molecule has 8 heteroatoms. The van der Waals surface area contributed by atoms with Crippen molar-refractivity contribution in [2.75, 3.05) is 18.1 Å². The molecule has 1 saturated heterocycles. The van der Waals surface area contributed by atoms with Crippen molar-refractivity contribution in [3.8, 4) is 5.75 Å². The number of carbonyl (C=O) groups excluding carboxylic acids is 2. The minimum atomic E-state index is -0.592. The third-order valence-corrected chi connectivity index (χ3v) is 5.97. The van der Waals surface area contributed by atoms with Gasteiger partial charge in [0.1, 0.15) is 30.1 Å². The monoisotopic (exact) mass is 442 g/mol. The van der Waals surface area contributed by atoms with Gasteiger partial charge in [0.05, 0.1) is 12.2 Å². The summed E-state index contributed by atoms with van der Waals surface area (Å²) in [5, 5.41) is 2.68. The zero-order chi connectivity index (χ0) is 22.0. The molecule has 1 fully saturated rings. The SMILES string of the molecule is CC(C)(C)OC(=O)NC[C@@H]1OC(=O)N2c3ccc(SCc4ccccc4)cc3OC[C@@H]12. The standard InChI is InChI=1S/C23H26N2O5S/c1-23(2,3)30-21(26)24-12-20-18-13-28-19-11-16(31-14-15-7-5-4-6-8-15)9-10-17(19)25(18)22(27)29-20/h4-11,18,20H,12-14H2,1-3H3,(H,24,26)/t18-,20-/m0/s1. The lowest BCUT2D eigenvalue weighted by atomic mass is 10.1. The topological polar surface area (TPSA) is 77.1 Å². The Morgan fingerprint density at radius 3 is 2.74 bits per heavy atom. The van der Waals surface area contributed by atoms with Crippen LogP contribution in [0.2, 0.25) is 0 Å². The average molecular weight is 443 g/mol. The number of alkyl carbamates (subject to hydrolysis) is 1. The number of rotatable bonds is 5. The van der Waals surface area contributed by atoms with Gasteiger partial charge >= 0.3 is 12.2 Å². The molecule has 31 heavy (non-hydrogen) atoms. The summed E-state index contributed by atoms with van der Waals surface area (Å²) in [5.74, 6) is 1.51. The molecular weight excluding hydrogens is 416 g/mol. The van der Waals surface area contributed by atoms with Crippen LogP contribution in [0.25, 0.3) is 0 Å². The molecule has 0 aliphatic carbocycles. The molecule has 2 atom stereocenters. The molecule has 2 amide bonds. The first-order valence-corrected chi connectivity index (χ1v) is 11.2. The van der Waals surface area contributed by atoms with Crippen LogP contribution in [0.1, 0.15) is 26.3 Å². The van der Waals surface area contributed by atoms with E-state index in [9.17, 15) is 9.59 Å². The second-order valence-electron chi connectivity index (χ2n) is 8.46. The number of benzene rings is 2. The van der Waals surface area contributed by atoms with Gasteiger partial charge in [0, 0.05) is 10.6 Å². The lowest BCUT2D eigenvalue weighted by Crippen LogP contribution is -2.48. The number of nitrogens with one attached hydrogen (secondary N) is 1. The average Bonchev–Trinajstić information content (AvgIpc) is 3.06. The fourth-order valence-electron chi connectivity index (χ4n) is 3.52. The van der Waals surface area contributed by atoms with Crippen molar-refractivity contribution in [2.45, 2.75) is 49.2 Å². The number of thioether (sulfide) groups is 1. The van der Waals surface area contributed by atoms with Crippen LogP contribution in [0.15, 0.2) is 53.4 Å². The number of cyclic esters (lactones) is 1. The maximum Gasteiger partial charge on any atom is 0.415 e. The molecule has 2 aliphatic rings. The van der Waals surface area contributed by atoms with Gasteiger partial charge in [0.25, 0.3) is 0 Å². The lowest BCUT2D eigenvalue weighted by Gasteiger charge is -2.31. The van der Waals surface area contributed by atoms with E-state index in [2.05, 4.69) is 17.4 Å². The third-order valence-electron chi connectivity index (χ3n) is 4.90. The van der Waals surface area contributed by atoms with Crippen molar-refractivity contribution in [1.29, 1.82) is 0 Å². The molecule has 0 radical (unpaired) electrons. The van der Waals surface area contributed by atoms with Crippen LogP contribution in [-0.4, -0.2) is 43.1 Å². The molecule has 164 valence electrons. The van der Waals surface area contributed by atoms with Crippen LogP contribution < -0.4 is 15.0 Å². The quantitative estimate of drug-likeness (QED) is 0.683. The minimum Gasteiger partial charge on any atom is -0.489 e. The van der Waals surface area contributed by atoms with Gasteiger partial charge in [-0.2, -0.15) is 0 Å². The van der Waals surface area contributed by atoms with Crippen LogP contribution in [0.5, 0.6) is 5.75 Å². The fraction of sp³-hybridized carbons (Fsp3) is 0.391. The Labute approximate surface area is 186 Å². The van der Waals surface area contributed by atoms with E-state index in [1.165, 1.54) is 5.56 Å². The Morgan fingerprint density at radius 1 is 1.23 bits per heavy atom. The van der Waals surface area contributed by atoms with Gasteiger partial charge in [0.15, 0.2) is 0 Å². The van der Waals surface area contributed by atoms with Crippen molar-refractivity contribution in [3.63, 3.8) is 0 Å². The number of amides is 2. The number of hydrogen-bond donors (Lipinski definition) is 1. The van der Waals surface area contributed by atoms with E-state index in [1.807, 2.05) is 36.4 Å². The Bertz CT molecular complexity index is 960. The molecule has 0 spiro atoms. The summed E-state index contributed by atoms with van der Waals surface area (Å²) >= 11 is 1.71. The molecule has 0 unspecified atom stereocenters. The summed E-state index contributed by atoms with van der Waals surface area (Å²) in [6, 6.07) is 15.8. The van der Waals surface area contributed by atoms with E-state index >= 15 is 0 Å². The van der Waals surface area contributed by atoms with Gasteiger partial charge in [-0.25, -0.2) is 9.59 Å². The van der Waals surface area contributed by atoms with Crippen molar-refractivity contribution in [1.82, 2.24) is 5.32 Å². The van der Waals surface area contributed by atoms with Crippen LogP contribution in [0.3, 0.4) is 0 Å². The van der Waals surface area contributed by atoms with Crippen molar-refractivity contribution < 1.29 is 23.8 Å². The number of anilines is 1. The summed E-state index contributed by atoms with van der Waals surface area (Å²) in [7, 11) is 0. The smallest absolute Gasteiger partial charge is 0.415 e. The Balaban J connectivity index is 1.40. The van der Waals surface area contributed by atoms with Crippen LogP contribution in [0, 0.1) is 0 Å². The van der Waals surface area contributed by atoms with Gasteiger partial charge in [-0.3, -0.25) is 4.90 Å². The largest absolute Gasteiger partial charge is 0.489 e. The predicted octanol–water partition coefficient (Wildman–Crippen LogP) is 4.59. The second-order valence-corrected chi connectivity index (χ2v) is 9.51. The molecule has 2 aliphatic heterocycles. The highest BCUT2D eigenvalue weighted by molar-refractivity contribution is 7.98. The summed E-state index contributed by atoms with van der Waals surface area (Å²) < 4.78 is 16.7. The molecule has 2 aromatic rings. The van der Waals surface area contributed by atoms with Crippen molar-refractivity contribution >= 4 is 29.6 Å².